The Balaban J connectivity index is 2.32. The van der Waals surface area contributed by atoms with Crippen LogP contribution in [-0.2, 0) is 4.74 Å². The Bertz CT molecular complexity index is 86.9. The summed E-state index contributed by atoms with van der Waals surface area (Å²) in [6.07, 6.45) is 1.15. The summed E-state index contributed by atoms with van der Waals surface area (Å²) in [6.45, 7) is 7.18. The molecule has 2 heteroatoms. The molecule has 54 valence electrons. The minimum Gasteiger partial charge on any atom is -0.379 e. The van der Waals surface area contributed by atoms with E-state index < -0.39 is 0 Å². The Morgan fingerprint density at radius 2 is 2.44 bits per heavy atom. The van der Waals surface area contributed by atoms with Crippen molar-refractivity contribution in [3.8, 4) is 0 Å². The van der Waals surface area contributed by atoms with Gasteiger partial charge in [-0.25, -0.2) is 0 Å². The van der Waals surface area contributed by atoms with Crippen LogP contribution in [0.2, 0.25) is 0 Å². The molecule has 1 N–H and O–H groups in total. The minimum atomic E-state index is 0.273. The third-order valence-corrected chi connectivity index (χ3v) is 1.82. The molecule has 0 aromatic rings. The Labute approximate surface area is 56.6 Å². The van der Waals surface area contributed by atoms with Gasteiger partial charge in [-0.2, -0.15) is 0 Å². The molecule has 0 spiro atoms. The van der Waals surface area contributed by atoms with Crippen molar-refractivity contribution < 1.29 is 4.74 Å². The summed E-state index contributed by atoms with van der Waals surface area (Å²) in [6, 6.07) is 0. The maximum Gasteiger partial charge on any atom is 0.0646 e. The molecule has 0 bridgehead atoms. The molecule has 0 radical (unpaired) electrons. The highest BCUT2D eigenvalue weighted by molar-refractivity contribution is 4.85. The second kappa shape index (κ2) is 2.67. The minimum absolute atomic E-state index is 0.273. The van der Waals surface area contributed by atoms with E-state index in [1.54, 1.807) is 0 Å². The molecule has 1 unspecified atom stereocenters. The Hall–Kier alpha value is -0.0800. The zero-order valence-electron chi connectivity index (χ0n) is 6.24. The molecule has 9 heavy (non-hydrogen) atoms. The van der Waals surface area contributed by atoms with E-state index in [1.807, 2.05) is 0 Å². The van der Waals surface area contributed by atoms with E-state index in [-0.39, 0.29) is 5.54 Å². The van der Waals surface area contributed by atoms with Gasteiger partial charge in [-0.1, -0.05) is 6.92 Å². The molecular formula is C7H15NO. The van der Waals surface area contributed by atoms with Gasteiger partial charge in [0.1, 0.15) is 0 Å². The van der Waals surface area contributed by atoms with Crippen molar-refractivity contribution in [1.29, 1.82) is 0 Å². The summed E-state index contributed by atoms with van der Waals surface area (Å²) in [5.74, 6) is 0. The molecule has 1 rings (SSSR count). The maximum absolute atomic E-state index is 5.25. The first-order valence-electron chi connectivity index (χ1n) is 3.60. The smallest absolute Gasteiger partial charge is 0.0646 e. The summed E-state index contributed by atoms with van der Waals surface area (Å²) in [4.78, 5) is 0. The van der Waals surface area contributed by atoms with Crippen LogP contribution in [0.1, 0.15) is 20.3 Å². The summed E-state index contributed by atoms with van der Waals surface area (Å²) in [5.41, 5.74) is 0.273. The standard InChI is InChI=1S/C7H15NO/c1-3-8-7(2)4-5-9-6-7/h8H,3-6H2,1-2H3. The van der Waals surface area contributed by atoms with Crippen LogP contribution in [0.4, 0.5) is 0 Å². The van der Waals surface area contributed by atoms with Gasteiger partial charge in [-0.05, 0) is 19.9 Å². The van der Waals surface area contributed by atoms with Crippen molar-refractivity contribution in [3.63, 3.8) is 0 Å². The van der Waals surface area contributed by atoms with Gasteiger partial charge in [-0.15, -0.1) is 0 Å². The molecule has 2 nitrogen and oxygen atoms in total. The third kappa shape index (κ3) is 1.66. The van der Waals surface area contributed by atoms with Gasteiger partial charge in [0, 0.05) is 12.1 Å². The van der Waals surface area contributed by atoms with E-state index in [0.29, 0.717) is 0 Å². The summed E-state index contributed by atoms with van der Waals surface area (Å²) in [5, 5.41) is 3.40. The lowest BCUT2D eigenvalue weighted by molar-refractivity contribution is 0.172. The molecule has 0 saturated carbocycles. The van der Waals surface area contributed by atoms with Crippen LogP contribution in [0.3, 0.4) is 0 Å². The first-order valence-corrected chi connectivity index (χ1v) is 3.60. The molecular weight excluding hydrogens is 114 g/mol. The fourth-order valence-electron chi connectivity index (χ4n) is 1.23. The average Bonchev–Trinajstić information content (AvgIpc) is 2.16. The van der Waals surface area contributed by atoms with Gasteiger partial charge < -0.3 is 10.1 Å². The zero-order chi connectivity index (χ0) is 6.74. The fourth-order valence-corrected chi connectivity index (χ4v) is 1.23. The van der Waals surface area contributed by atoms with Gasteiger partial charge in [0.2, 0.25) is 0 Å². The van der Waals surface area contributed by atoms with Crippen LogP contribution < -0.4 is 5.32 Å². The van der Waals surface area contributed by atoms with Crippen molar-refractivity contribution in [2.75, 3.05) is 19.8 Å². The first kappa shape index (κ1) is 7.03. The molecule has 1 atom stereocenters. The molecule has 1 fully saturated rings. The monoisotopic (exact) mass is 129 g/mol. The van der Waals surface area contributed by atoms with E-state index in [9.17, 15) is 0 Å². The number of likely N-dealkylation sites (N-methyl/N-ethyl adjacent to an activating group) is 1. The van der Waals surface area contributed by atoms with E-state index >= 15 is 0 Å². The van der Waals surface area contributed by atoms with E-state index in [2.05, 4.69) is 19.2 Å². The van der Waals surface area contributed by atoms with Crippen LogP contribution >= 0.6 is 0 Å². The highest BCUT2D eigenvalue weighted by Gasteiger charge is 2.27. The second-order valence-corrected chi connectivity index (χ2v) is 2.89. The predicted octanol–water partition coefficient (Wildman–Crippen LogP) is 0.775. The van der Waals surface area contributed by atoms with Crippen LogP contribution in [-0.4, -0.2) is 25.3 Å². The van der Waals surface area contributed by atoms with Crippen molar-refractivity contribution >= 4 is 0 Å². The molecule has 0 amide bonds. The lowest BCUT2D eigenvalue weighted by Gasteiger charge is -2.21. The van der Waals surface area contributed by atoms with Crippen molar-refractivity contribution in [3.05, 3.63) is 0 Å². The lowest BCUT2D eigenvalue weighted by Crippen LogP contribution is -2.42. The Morgan fingerprint density at radius 3 is 2.89 bits per heavy atom. The van der Waals surface area contributed by atoms with Crippen LogP contribution in [0, 0.1) is 0 Å². The highest BCUT2D eigenvalue weighted by Crippen LogP contribution is 2.16. The predicted molar refractivity (Wildman–Crippen MR) is 37.5 cm³/mol. The molecule has 1 aliphatic rings. The Morgan fingerprint density at radius 1 is 1.67 bits per heavy atom. The SMILES string of the molecule is CCNC1(C)CCOC1. The quantitative estimate of drug-likeness (QED) is 0.594. The van der Waals surface area contributed by atoms with Crippen LogP contribution in [0.5, 0.6) is 0 Å². The maximum atomic E-state index is 5.25. The molecule has 0 aliphatic carbocycles. The summed E-state index contributed by atoms with van der Waals surface area (Å²) >= 11 is 0. The number of rotatable bonds is 2. The number of hydrogen-bond acceptors (Lipinski definition) is 2. The number of nitrogens with one attached hydrogen (secondary N) is 1. The van der Waals surface area contributed by atoms with Gasteiger partial charge >= 0.3 is 0 Å². The van der Waals surface area contributed by atoms with Crippen molar-refractivity contribution in [2.24, 2.45) is 0 Å². The van der Waals surface area contributed by atoms with E-state index in [0.717, 1.165) is 26.2 Å². The van der Waals surface area contributed by atoms with Crippen LogP contribution in [0.15, 0.2) is 0 Å². The zero-order valence-corrected chi connectivity index (χ0v) is 6.24. The Kier molecular flexibility index (Phi) is 2.09. The van der Waals surface area contributed by atoms with E-state index in [1.165, 1.54) is 0 Å². The van der Waals surface area contributed by atoms with Gasteiger partial charge in [0.05, 0.1) is 6.61 Å². The van der Waals surface area contributed by atoms with Crippen LogP contribution in [0.25, 0.3) is 0 Å². The molecule has 1 heterocycles. The summed E-state index contributed by atoms with van der Waals surface area (Å²) in [7, 11) is 0. The topological polar surface area (TPSA) is 21.3 Å². The van der Waals surface area contributed by atoms with Crippen molar-refractivity contribution in [1.82, 2.24) is 5.32 Å². The van der Waals surface area contributed by atoms with Gasteiger partial charge in [0.25, 0.3) is 0 Å². The molecule has 1 saturated heterocycles. The lowest BCUT2D eigenvalue weighted by atomic mass is 10.0. The highest BCUT2D eigenvalue weighted by atomic mass is 16.5. The van der Waals surface area contributed by atoms with E-state index in [4.69, 9.17) is 4.74 Å². The average molecular weight is 129 g/mol. The van der Waals surface area contributed by atoms with Crippen molar-refractivity contribution in [2.45, 2.75) is 25.8 Å². The van der Waals surface area contributed by atoms with Gasteiger partial charge in [-0.3, -0.25) is 0 Å². The fraction of sp³-hybridized carbons (Fsp3) is 1.00. The number of hydrogen-bond donors (Lipinski definition) is 1. The normalized spacial score (nSPS) is 35.3. The molecule has 1 aliphatic heterocycles. The third-order valence-electron chi connectivity index (χ3n) is 1.82. The number of ether oxygens (including phenoxy) is 1. The molecule has 0 aromatic carbocycles. The molecule has 0 aromatic heterocycles. The summed E-state index contributed by atoms with van der Waals surface area (Å²) < 4.78 is 5.25. The first-order chi connectivity index (χ1) is 4.27. The van der Waals surface area contributed by atoms with Gasteiger partial charge in [0.15, 0.2) is 0 Å². The largest absolute Gasteiger partial charge is 0.379 e. The second-order valence-electron chi connectivity index (χ2n) is 2.89.